The minimum absolute atomic E-state index is 0.0114. The van der Waals surface area contributed by atoms with Crippen LogP contribution in [0.2, 0.25) is 0 Å². The van der Waals surface area contributed by atoms with E-state index in [1.165, 1.54) is 52.2 Å². The van der Waals surface area contributed by atoms with E-state index < -0.39 is 17.1 Å². The van der Waals surface area contributed by atoms with E-state index in [0.717, 1.165) is 4.57 Å². The second kappa shape index (κ2) is 8.80. The Hall–Kier alpha value is -3.72. The lowest BCUT2D eigenvalue weighted by atomic mass is 10.2. The molecule has 2 aromatic heterocycles. The predicted octanol–water partition coefficient (Wildman–Crippen LogP) is 3.08. The minimum atomic E-state index is -0.590. The molecule has 0 N–H and O–H groups in total. The van der Waals surface area contributed by atoms with Gasteiger partial charge in [0.05, 0.1) is 19.2 Å². The number of amides is 1. The number of rotatable bonds is 6. The van der Waals surface area contributed by atoms with Crippen molar-refractivity contribution in [3.63, 3.8) is 0 Å². The summed E-state index contributed by atoms with van der Waals surface area (Å²) in [6.07, 6.45) is 0. The second-order valence-electron chi connectivity index (χ2n) is 7.14. The number of nitrogens with zero attached hydrogens (tertiary/aromatic N) is 3. The first-order valence-electron chi connectivity index (χ1n) is 9.75. The maximum absolute atomic E-state index is 13.3. The summed E-state index contributed by atoms with van der Waals surface area (Å²) in [6, 6.07) is 14.3. The number of benzene rings is 2. The van der Waals surface area contributed by atoms with Crippen molar-refractivity contribution in [2.24, 2.45) is 0 Å². The van der Waals surface area contributed by atoms with Gasteiger partial charge in [-0.15, -0.1) is 11.3 Å². The van der Waals surface area contributed by atoms with Gasteiger partial charge in [-0.05, 0) is 41.8 Å². The Morgan fingerprint density at radius 2 is 1.78 bits per heavy atom. The van der Waals surface area contributed by atoms with E-state index in [1.54, 1.807) is 42.8 Å². The van der Waals surface area contributed by atoms with Gasteiger partial charge in [0.2, 0.25) is 5.91 Å². The van der Waals surface area contributed by atoms with Crippen molar-refractivity contribution in [2.45, 2.75) is 13.1 Å². The number of hydrogen-bond acceptors (Lipinski definition) is 5. The predicted molar refractivity (Wildman–Crippen MR) is 122 cm³/mol. The molecule has 32 heavy (non-hydrogen) atoms. The van der Waals surface area contributed by atoms with Crippen LogP contribution in [-0.4, -0.2) is 29.2 Å². The number of methoxy groups -OCH3 is 1. The van der Waals surface area contributed by atoms with Crippen LogP contribution in [0.1, 0.15) is 5.56 Å². The minimum Gasteiger partial charge on any atom is -0.496 e. The Balaban J connectivity index is 1.75. The zero-order valence-corrected chi connectivity index (χ0v) is 18.3. The first kappa shape index (κ1) is 21.5. The summed E-state index contributed by atoms with van der Waals surface area (Å²) in [7, 11) is 3.07. The molecule has 0 atom stereocenters. The lowest BCUT2D eigenvalue weighted by Crippen LogP contribution is -2.42. The summed E-state index contributed by atoms with van der Waals surface area (Å²) >= 11 is 1.21. The molecule has 164 valence electrons. The molecule has 0 saturated carbocycles. The molecule has 0 aliphatic rings. The molecular formula is C23H20FN3O4S. The Labute approximate surface area is 186 Å². The van der Waals surface area contributed by atoms with Gasteiger partial charge in [-0.25, -0.2) is 9.18 Å². The SMILES string of the molecule is COc1ccccc1Cn1c(=O)c2sccc2n(CC(=O)N(C)c2ccc(F)cc2)c1=O. The van der Waals surface area contributed by atoms with E-state index >= 15 is 0 Å². The van der Waals surface area contributed by atoms with Gasteiger partial charge in [-0.1, -0.05) is 18.2 Å². The average molecular weight is 453 g/mol. The zero-order valence-electron chi connectivity index (χ0n) is 17.4. The highest BCUT2D eigenvalue weighted by atomic mass is 32.1. The van der Waals surface area contributed by atoms with Crippen molar-refractivity contribution >= 4 is 33.1 Å². The van der Waals surface area contributed by atoms with Gasteiger partial charge in [-0.3, -0.25) is 18.7 Å². The van der Waals surface area contributed by atoms with E-state index in [4.69, 9.17) is 4.74 Å². The maximum atomic E-state index is 13.3. The van der Waals surface area contributed by atoms with Crippen molar-refractivity contribution in [3.8, 4) is 5.75 Å². The van der Waals surface area contributed by atoms with Gasteiger partial charge in [0, 0.05) is 18.3 Å². The quantitative estimate of drug-likeness (QED) is 0.450. The normalized spacial score (nSPS) is 11.0. The molecule has 9 heteroatoms. The molecule has 7 nitrogen and oxygen atoms in total. The molecule has 0 saturated heterocycles. The summed E-state index contributed by atoms with van der Waals surface area (Å²) < 4.78 is 21.4. The van der Waals surface area contributed by atoms with Gasteiger partial charge < -0.3 is 9.64 Å². The van der Waals surface area contributed by atoms with E-state index in [0.29, 0.717) is 27.2 Å². The van der Waals surface area contributed by atoms with E-state index in [2.05, 4.69) is 0 Å². The standard InChI is InChI=1S/C23H20FN3O4S/c1-25(17-9-7-16(24)8-10-17)20(28)14-26-18-11-12-32-21(18)22(29)27(23(26)30)13-15-5-3-4-6-19(15)31-2/h3-12H,13-14H2,1-2H3. The Morgan fingerprint density at radius 1 is 1.06 bits per heavy atom. The summed E-state index contributed by atoms with van der Waals surface area (Å²) in [5.41, 5.74) is 0.566. The van der Waals surface area contributed by atoms with Crippen molar-refractivity contribution in [1.29, 1.82) is 0 Å². The Morgan fingerprint density at radius 3 is 2.50 bits per heavy atom. The van der Waals surface area contributed by atoms with E-state index in [-0.39, 0.29) is 19.0 Å². The Kier molecular flexibility index (Phi) is 5.91. The van der Waals surface area contributed by atoms with Crippen LogP contribution in [0.3, 0.4) is 0 Å². The first-order valence-corrected chi connectivity index (χ1v) is 10.6. The van der Waals surface area contributed by atoms with Crippen LogP contribution in [0.15, 0.2) is 69.6 Å². The molecule has 4 aromatic rings. The lowest BCUT2D eigenvalue weighted by Gasteiger charge is -2.19. The summed E-state index contributed by atoms with van der Waals surface area (Å²) in [5, 5.41) is 1.71. The fourth-order valence-corrected chi connectivity index (χ4v) is 4.32. The molecular weight excluding hydrogens is 433 g/mol. The monoisotopic (exact) mass is 453 g/mol. The number of anilines is 1. The maximum Gasteiger partial charge on any atom is 0.332 e. The number of fused-ring (bicyclic) bond motifs is 1. The summed E-state index contributed by atoms with van der Waals surface area (Å²) in [4.78, 5) is 40.6. The van der Waals surface area contributed by atoms with Gasteiger partial charge in [0.25, 0.3) is 5.56 Å². The summed E-state index contributed by atoms with van der Waals surface area (Å²) in [6.45, 7) is -0.260. The van der Waals surface area contributed by atoms with Gasteiger partial charge in [-0.2, -0.15) is 0 Å². The lowest BCUT2D eigenvalue weighted by molar-refractivity contribution is -0.118. The van der Waals surface area contributed by atoms with Crippen LogP contribution in [0, 0.1) is 5.82 Å². The largest absolute Gasteiger partial charge is 0.496 e. The van der Waals surface area contributed by atoms with Crippen molar-refractivity contribution in [2.75, 3.05) is 19.1 Å². The molecule has 0 aliphatic heterocycles. The number of ether oxygens (including phenoxy) is 1. The van der Waals surface area contributed by atoms with Crippen molar-refractivity contribution in [1.82, 2.24) is 9.13 Å². The molecule has 0 radical (unpaired) electrons. The number of para-hydroxylation sites is 1. The molecule has 0 fully saturated rings. The highest BCUT2D eigenvalue weighted by molar-refractivity contribution is 7.17. The van der Waals surface area contributed by atoms with Gasteiger partial charge in [0.15, 0.2) is 0 Å². The number of carbonyl (C=O) groups is 1. The fourth-order valence-electron chi connectivity index (χ4n) is 3.48. The number of carbonyl (C=O) groups excluding carboxylic acids is 1. The molecule has 2 aromatic carbocycles. The van der Waals surface area contributed by atoms with Crippen LogP contribution >= 0.6 is 11.3 Å². The third kappa shape index (κ3) is 3.94. The number of halogens is 1. The van der Waals surface area contributed by atoms with Crippen molar-refractivity contribution in [3.05, 3.63) is 92.2 Å². The smallest absolute Gasteiger partial charge is 0.332 e. The van der Waals surface area contributed by atoms with Crippen LogP contribution in [-0.2, 0) is 17.9 Å². The number of hydrogen-bond donors (Lipinski definition) is 0. The van der Waals surface area contributed by atoms with E-state index in [1.807, 2.05) is 0 Å². The fraction of sp³-hybridized carbons (Fsp3) is 0.174. The Bertz CT molecular complexity index is 1410. The van der Waals surface area contributed by atoms with Crippen LogP contribution in [0.4, 0.5) is 10.1 Å². The molecule has 2 heterocycles. The van der Waals surface area contributed by atoms with Gasteiger partial charge in [0.1, 0.15) is 22.8 Å². The summed E-state index contributed by atoms with van der Waals surface area (Å²) in [5.74, 6) is -0.230. The van der Waals surface area contributed by atoms with Crippen LogP contribution in [0.25, 0.3) is 10.2 Å². The van der Waals surface area contributed by atoms with Crippen LogP contribution in [0.5, 0.6) is 5.75 Å². The highest BCUT2D eigenvalue weighted by Crippen LogP contribution is 2.20. The first-order chi connectivity index (χ1) is 15.4. The molecule has 0 unspecified atom stereocenters. The highest BCUT2D eigenvalue weighted by Gasteiger charge is 2.19. The molecule has 0 aliphatic carbocycles. The number of aromatic nitrogens is 2. The number of thiophene rings is 1. The van der Waals surface area contributed by atoms with Gasteiger partial charge >= 0.3 is 5.69 Å². The molecule has 1 amide bonds. The topological polar surface area (TPSA) is 73.5 Å². The van der Waals surface area contributed by atoms with E-state index in [9.17, 15) is 18.8 Å². The second-order valence-corrected chi connectivity index (χ2v) is 8.05. The zero-order chi connectivity index (χ0) is 22.8. The number of likely N-dealkylation sites (N-methyl/N-ethyl adjacent to an activating group) is 1. The third-order valence-corrected chi connectivity index (χ3v) is 6.13. The average Bonchev–Trinajstić information content (AvgIpc) is 3.29. The van der Waals surface area contributed by atoms with Crippen LogP contribution < -0.4 is 20.9 Å². The van der Waals surface area contributed by atoms with Crippen molar-refractivity contribution < 1.29 is 13.9 Å². The molecule has 0 bridgehead atoms. The molecule has 0 spiro atoms. The third-order valence-electron chi connectivity index (χ3n) is 5.24. The molecule has 4 rings (SSSR count).